The molecule has 0 saturated heterocycles. The van der Waals surface area contributed by atoms with Crippen molar-refractivity contribution in [3.8, 4) is 0 Å². The van der Waals surface area contributed by atoms with Crippen LogP contribution >= 0.6 is 15.9 Å². The molecule has 6 heteroatoms. The third-order valence-corrected chi connectivity index (χ3v) is 4.65. The first-order valence-corrected chi connectivity index (χ1v) is 7.66. The van der Waals surface area contributed by atoms with Crippen molar-refractivity contribution in [1.29, 1.82) is 0 Å². The second-order valence-electron chi connectivity index (χ2n) is 5.42. The highest BCUT2D eigenvalue weighted by Crippen LogP contribution is 2.34. The van der Waals surface area contributed by atoms with Crippen molar-refractivity contribution < 1.29 is 14.7 Å². The van der Waals surface area contributed by atoms with E-state index in [-0.39, 0.29) is 5.91 Å². The van der Waals surface area contributed by atoms with Gasteiger partial charge in [0.05, 0.1) is 0 Å². The number of hydrogen-bond donors (Lipinski definition) is 3. The molecular weight excluding hydrogens is 324 g/mol. The van der Waals surface area contributed by atoms with Crippen molar-refractivity contribution in [3.63, 3.8) is 0 Å². The molecule has 1 heterocycles. The molecule has 2 rings (SSSR count). The number of halogens is 1. The summed E-state index contributed by atoms with van der Waals surface area (Å²) in [6.45, 7) is 2.12. The summed E-state index contributed by atoms with van der Waals surface area (Å²) < 4.78 is 0.765. The molecule has 1 aromatic rings. The maximum atomic E-state index is 12.2. The van der Waals surface area contributed by atoms with Crippen molar-refractivity contribution in [3.05, 3.63) is 22.4 Å². The molecule has 1 aliphatic rings. The third kappa shape index (κ3) is 3.06. The van der Waals surface area contributed by atoms with Gasteiger partial charge < -0.3 is 15.4 Å². The number of carboxylic acids is 1. The van der Waals surface area contributed by atoms with E-state index in [0.29, 0.717) is 24.5 Å². The van der Waals surface area contributed by atoms with Gasteiger partial charge in [-0.3, -0.25) is 4.79 Å². The average molecular weight is 343 g/mol. The number of H-pyrrole nitrogens is 1. The summed E-state index contributed by atoms with van der Waals surface area (Å²) in [5.74, 6) is -0.738. The van der Waals surface area contributed by atoms with Gasteiger partial charge in [0, 0.05) is 10.7 Å². The van der Waals surface area contributed by atoms with Crippen LogP contribution in [-0.4, -0.2) is 27.5 Å². The summed E-state index contributed by atoms with van der Waals surface area (Å²) in [4.78, 5) is 26.6. The lowest BCUT2D eigenvalue weighted by molar-refractivity contribution is -0.146. The quantitative estimate of drug-likeness (QED) is 0.786. The Morgan fingerprint density at radius 3 is 2.60 bits per heavy atom. The van der Waals surface area contributed by atoms with Gasteiger partial charge >= 0.3 is 5.97 Å². The van der Waals surface area contributed by atoms with Gasteiger partial charge in [-0.15, -0.1) is 0 Å². The fourth-order valence-electron chi connectivity index (χ4n) is 2.75. The lowest BCUT2D eigenvalue weighted by Gasteiger charge is -2.37. The zero-order chi connectivity index (χ0) is 14.8. The summed E-state index contributed by atoms with van der Waals surface area (Å²) in [5, 5.41) is 12.2. The minimum absolute atomic E-state index is 0.368. The molecule has 1 aliphatic carbocycles. The van der Waals surface area contributed by atoms with Crippen molar-refractivity contribution in [2.24, 2.45) is 5.92 Å². The minimum Gasteiger partial charge on any atom is -0.480 e. The maximum absolute atomic E-state index is 12.2. The molecule has 1 aromatic heterocycles. The number of aromatic nitrogens is 1. The standard InChI is InChI=1S/C14H19BrN2O3/c1-2-9-3-5-14(6-4-9,13(19)20)17-12(18)11-7-10(15)8-16-11/h7-9,16H,2-6H2,1H3,(H,17,18)(H,19,20). The zero-order valence-electron chi connectivity index (χ0n) is 11.4. The van der Waals surface area contributed by atoms with Crippen molar-refractivity contribution in [2.45, 2.75) is 44.6 Å². The predicted molar refractivity (Wildman–Crippen MR) is 78.6 cm³/mol. The van der Waals surface area contributed by atoms with Crippen LogP contribution in [0, 0.1) is 5.92 Å². The number of hydrogen-bond acceptors (Lipinski definition) is 2. The number of carboxylic acid groups (broad SMARTS) is 1. The van der Waals surface area contributed by atoms with E-state index in [1.807, 2.05) is 0 Å². The molecule has 1 saturated carbocycles. The monoisotopic (exact) mass is 342 g/mol. The van der Waals surface area contributed by atoms with E-state index < -0.39 is 11.5 Å². The van der Waals surface area contributed by atoms with Crippen LogP contribution in [-0.2, 0) is 4.79 Å². The highest BCUT2D eigenvalue weighted by molar-refractivity contribution is 9.10. The molecule has 3 N–H and O–H groups in total. The summed E-state index contributed by atoms with van der Waals surface area (Å²) in [7, 11) is 0. The van der Waals surface area contributed by atoms with Crippen LogP contribution in [0.5, 0.6) is 0 Å². The van der Waals surface area contributed by atoms with Gasteiger partial charge in [-0.05, 0) is 53.6 Å². The van der Waals surface area contributed by atoms with Gasteiger partial charge in [0.1, 0.15) is 11.2 Å². The van der Waals surface area contributed by atoms with Crippen LogP contribution in [0.2, 0.25) is 0 Å². The lowest BCUT2D eigenvalue weighted by atomic mass is 9.75. The molecular formula is C14H19BrN2O3. The van der Waals surface area contributed by atoms with Gasteiger partial charge in [-0.1, -0.05) is 13.3 Å². The number of aromatic amines is 1. The first-order valence-electron chi connectivity index (χ1n) is 6.86. The number of carbonyl (C=O) groups excluding carboxylic acids is 1. The van der Waals surface area contributed by atoms with E-state index in [4.69, 9.17) is 0 Å². The first-order chi connectivity index (χ1) is 9.47. The van der Waals surface area contributed by atoms with Gasteiger partial charge in [0.25, 0.3) is 5.91 Å². The predicted octanol–water partition coefficient (Wildman–Crippen LogP) is 2.93. The molecule has 0 unspecified atom stereocenters. The number of carbonyl (C=O) groups is 2. The minimum atomic E-state index is -1.12. The van der Waals surface area contributed by atoms with Crippen LogP contribution in [0.25, 0.3) is 0 Å². The topological polar surface area (TPSA) is 82.2 Å². The Labute approximate surface area is 126 Å². The highest BCUT2D eigenvalue weighted by atomic mass is 79.9. The molecule has 1 amide bonds. The first kappa shape index (κ1) is 15.1. The van der Waals surface area contributed by atoms with Crippen LogP contribution in [0.4, 0.5) is 0 Å². The molecule has 110 valence electrons. The van der Waals surface area contributed by atoms with E-state index >= 15 is 0 Å². The van der Waals surface area contributed by atoms with Gasteiger partial charge in [-0.25, -0.2) is 4.79 Å². The summed E-state index contributed by atoms with van der Waals surface area (Å²) in [6, 6.07) is 1.64. The number of amides is 1. The largest absolute Gasteiger partial charge is 0.480 e. The fraction of sp³-hybridized carbons (Fsp3) is 0.571. The average Bonchev–Trinajstić information content (AvgIpc) is 2.86. The lowest BCUT2D eigenvalue weighted by Crippen LogP contribution is -2.56. The van der Waals surface area contributed by atoms with E-state index in [0.717, 1.165) is 23.7 Å². The Hall–Kier alpha value is -1.30. The number of nitrogens with one attached hydrogen (secondary N) is 2. The Kier molecular flexibility index (Phi) is 4.52. The second-order valence-corrected chi connectivity index (χ2v) is 6.34. The molecule has 0 bridgehead atoms. The van der Waals surface area contributed by atoms with Crippen LogP contribution in [0.15, 0.2) is 16.7 Å². The van der Waals surface area contributed by atoms with E-state index in [1.165, 1.54) is 0 Å². The molecule has 0 atom stereocenters. The smallest absolute Gasteiger partial charge is 0.329 e. The molecule has 0 aliphatic heterocycles. The maximum Gasteiger partial charge on any atom is 0.329 e. The van der Waals surface area contributed by atoms with E-state index in [9.17, 15) is 14.7 Å². The van der Waals surface area contributed by atoms with Crippen LogP contribution in [0.1, 0.15) is 49.5 Å². The molecule has 5 nitrogen and oxygen atoms in total. The normalized spacial score (nSPS) is 26.2. The Morgan fingerprint density at radius 1 is 1.50 bits per heavy atom. The van der Waals surface area contributed by atoms with Crippen LogP contribution < -0.4 is 5.32 Å². The van der Waals surface area contributed by atoms with Gasteiger partial charge in [0.2, 0.25) is 0 Å². The number of aliphatic carboxylic acids is 1. The molecule has 0 radical (unpaired) electrons. The van der Waals surface area contributed by atoms with Gasteiger partial charge in [0.15, 0.2) is 0 Å². The molecule has 20 heavy (non-hydrogen) atoms. The Bertz CT molecular complexity index is 504. The fourth-order valence-corrected chi connectivity index (χ4v) is 3.10. The third-order valence-electron chi connectivity index (χ3n) is 4.19. The second kappa shape index (κ2) is 5.99. The van der Waals surface area contributed by atoms with Crippen LogP contribution in [0.3, 0.4) is 0 Å². The molecule has 0 aromatic carbocycles. The highest BCUT2D eigenvalue weighted by Gasteiger charge is 2.43. The number of rotatable bonds is 4. The van der Waals surface area contributed by atoms with Crippen molar-refractivity contribution >= 4 is 27.8 Å². The molecule has 0 spiro atoms. The van der Waals surface area contributed by atoms with E-state index in [1.54, 1.807) is 12.3 Å². The van der Waals surface area contributed by atoms with Crippen molar-refractivity contribution in [1.82, 2.24) is 10.3 Å². The Balaban J connectivity index is 2.10. The van der Waals surface area contributed by atoms with E-state index in [2.05, 4.69) is 33.2 Å². The summed E-state index contributed by atoms with van der Waals surface area (Å²) in [5.41, 5.74) is -0.754. The SMILES string of the molecule is CCC1CCC(NC(=O)c2cc(Br)c[nH]2)(C(=O)O)CC1. The summed E-state index contributed by atoms with van der Waals surface area (Å²) in [6.07, 6.45) is 5.39. The Morgan fingerprint density at radius 2 is 2.15 bits per heavy atom. The summed E-state index contributed by atoms with van der Waals surface area (Å²) >= 11 is 3.26. The van der Waals surface area contributed by atoms with Gasteiger partial charge in [-0.2, -0.15) is 0 Å². The zero-order valence-corrected chi connectivity index (χ0v) is 13.0. The molecule has 1 fully saturated rings. The van der Waals surface area contributed by atoms with Crippen molar-refractivity contribution in [2.75, 3.05) is 0 Å².